The van der Waals surface area contributed by atoms with Crippen LogP contribution in [-0.4, -0.2) is 34.6 Å². The van der Waals surface area contributed by atoms with Gasteiger partial charge in [-0.05, 0) is 48.9 Å². The SMILES string of the molecule is CCOc1ccc(/C=N\n2c(=O)[nH]c3c([nH]c4ccc(Br)cc43)c2=O)cc1OC. The van der Waals surface area contributed by atoms with Crippen LogP contribution in [0, 0.1) is 0 Å². The van der Waals surface area contributed by atoms with Gasteiger partial charge in [-0.2, -0.15) is 5.10 Å². The fourth-order valence-electron chi connectivity index (χ4n) is 3.08. The molecule has 2 heterocycles. The molecule has 2 N–H and O–H groups in total. The van der Waals surface area contributed by atoms with E-state index in [1.54, 1.807) is 18.2 Å². The third-order valence-corrected chi connectivity index (χ3v) is 4.89. The minimum Gasteiger partial charge on any atom is -0.493 e. The van der Waals surface area contributed by atoms with Crippen molar-refractivity contribution in [2.75, 3.05) is 13.7 Å². The first-order valence-corrected chi connectivity index (χ1v) is 9.62. The maximum Gasteiger partial charge on any atom is 0.350 e. The Balaban J connectivity index is 1.79. The number of fused-ring (bicyclic) bond motifs is 3. The highest BCUT2D eigenvalue weighted by Crippen LogP contribution is 2.27. The van der Waals surface area contributed by atoms with E-state index in [2.05, 4.69) is 31.0 Å². The maximum absolute atomic E-state index is 12.8. The quantitative estimate of drug-likeness (QED) is 0.450. The Labute approximate surface area is 172 Å². The Bertz CT molecular complexity index is 1370. The number of methoxy groups -OCH3 is 1. The van der Waals surface area contributed by atoms with E-state index in [9.17, 15) is 9.59 Å². The fraction of sp³-hybridized carbons (Fsp3) is 0.150. The van der Waals surface area contributed by atoms with Crippen LogP contribution in [0.5, 0.6) is 11.5 Å². The number of hydrogen-bond donors (Lipinski definition) is 2. The van der Waals surface area contributed by atoms with Crippen LogP contribution in [0.2, 0.25) is 0 Å². The van der Waals surface area contributed by atoms with Crippen molar-refractivity contribution < 1.29 is 9.47 Å². The first kappa shape index (κ1) is 19.0. The summed E-state index contributed by atoms with van der Waals surface area (Å²) in [5.41, 5.74) is 0.957. The van der Waals surface area contributed by atoms with Crippen LogP contribution in [0.4, 0.5) is 0 Å². The van der Waals surface area contributed by atoms with Crippen molar-refractivity contribution in [3.63, 3.8) is 0 Å². The zero-order valence-corrected chi connectivity index (χ0v) is 17.2. The molecule has 0 saturated carbocycles. The Morgan fingerprint density at radius 1 is 1.10 bits per heavy atom. The molecular weight excluding hydrogens is 440 g/mol. The summed E-state index contributed by atoms with van der Waals surface area (Å²) >= 11 is 3.40. The van der Waals surface area contributed by atoms with Crippen molar-refractivity contribution in [3.05, 3.63) is 67.3 Å². The summed E-state index contributed by atoms with van der Waals surface area (Å²) in [5.74, 6) is 1.14. The molecule has 0 atom stereocenters. The lowest BCUT2D eigenvalue weighted by Crippen LogP contribution is -2.32. The number of nitrogens with zero attached hydrogens (tertiary/aromatic N) is 2. The van der Waals surface area contributed by atoms with Gasteiger partial charge in [0.25, 0.3) is 0 Å². The molecular formula is C20H17BrN4O4. The molecule has 2 aromatic heterocycles. The number of ether oxygens (including phenoxy) is 2. The summed E-state index contributed by atoms with van der Waals surface area (Å²) in [4.78, 5) is 31.1. The summed E-state index contributed by atoms with van der Waals surface area (Å²) in [5, 5.41) is 4.82. The number of aromatic nitrogens is 3. The van der Waals surface area contributed by atoms with Crippen LogP contribution in [0.15, 0.2) is 55.6 Å². The van der Waals surface area contributed by atoms with Crippen LogP contribution in [0.1, 0.15) is 12.5 Å². The third kappa shape index (κ3) is 3.44. The molecule has 9 heteroatoms. The maximum atomic E-state index is 12.8. The van der Waals surface area contributed by atoms with Crippen molar-refractivity contribution in [3.8, 4) is 11.5 Å². The molecule has 0 fully saturated rings. The lowest BCUT2D eigenvalue weighted by molar-refractivity contribution is 0.311. The largest absolute Gasteiger partial charge is 0.493 e. The summed E-state index contributed by atoms with van der Waals surface area (Å²) in [6, 6.07) is 10.7. The normalized spacial score (nSPS) is 11.6. The molecule has 0 unspecified atom stereocenters. The Morgan fingerprint density at radius 2 is 1.93 bits per heavy atom. The smallest absolute Gasteiger partial charge is 0.350 e. The van der Waals surface area contributed by atoms with Gasteiger partial charge in [0.2, 0.25) is 0 Å². The molecule has 0 aliphatic heterocycles. The first-order chi connectivity index (χ1) is 14.0. The van der Waals surface area contributed by atoms with Gasteiger partial charge in [0, 0.05) is 15.4 Å². The second-order valence-electron chi connectivity index (χ2n) is 6.20. The molecule has 4 rings (SSSR count). The summed E-state index contributed by atoms with van der Waals surface area (Å²) in [7, 11) is 1.54. The van der Waals surface area contributed by atoms with Gasteiger partial charge in [0.15, 0.2) is 11.5 Å². The van der Waals surface area contributed by atoms with Gasteiger partial charge in [0.1, 0.15) is 5.52 Å². The number of aromatic amines is 2. The van der Waals surface area contributed by atoms with Crippen molar-refractivity contribution in [1.29, 1.82) is 0 Å². The molecule has 8 nitrogen and oxygen atoms in total. The number of benzene rings is 2. The van der Waals surface area contributed by atoms with Crippen molar-refractivity contribution >= 4 is 44.1 Å². The summed E-state index contributed by atoms with van der Waals surface area (Å²) in [6.07, 6.45) is 1.42. The molecule has 0 bridgehead atoms. The Morgan fingerprint density at radius 3 is 2.69 bits per heavy atom. The van der Waals surface area contributed by atoms with E-state index in [0.717, 1.165) is 20.1 Å². The molecule has 2 aromatic carbocycles. The predicted molar refractivity (Wildman–Crippen MR) is 116 cm³/mol. The van der Waals surface area contributed by atoms with Gasteiger partial charge in [-0.15, -0.1) is 4.68 Å². The van der Waals surface area contributed by atoms with Gasteiger partial charge in [-0.3, -0.25) is 4.79 Å². The minimum atomic E-state index is -0.627. The van der Waals surface area contributed by atoms with E-state index < -0.39 is 11.2 Å². The van der Waals surface area contributed by atoms with Crippen LogP contribution < -0.4 is 20.7 Å². The second kappa shape index (κ2) is 7.59. The Kier molecular flexibility index (Phi) is 4.98. The average molecular weight is 457 g/mol. The van der Waals surface area contributed by atoms with Crippen LogP contribution in [0.3, 0.4) is 0 Å². The molecule has 0 spiro atoms. The lowest BCUT2D eigenvalue weighted by atomic mass is 10.2. The molecule has 0 aliphatic carbocycles. The zero-order chi connectivity index (χ0) is 20.5. The highest BCUT2D eigenvalue weighted by atomic mass is 79.9. The molecule has 4 aromatic rings. The summed E-state index contributed by atoms with van der Waals surface area (Å²) in [6.45, 7) is 2.39. The molecule has 0 aliphatic rings. The van der Waals surface area contributed by atoms with Crippen molar-refractivity contribution in [2.24, 2.45) is 5.10 Å². The summed E-state index contributed by atoms with van der Waals surface area (Å²) < 4.78 is 12.4. The minimum absolute atomic E-state index is 0.277. The molecule has 0 radical (unpaired) electrons. The molecule has 148 valence electrons. The fourth-order valence-corrected chi connectivity index (χ4v) is 3.44. The third-order valence-electron chi connectivity index (χ3n) is 4.40. The van der Waals surface area contributed by atoms with Gasteiger partial charge < -0.3 is 19.4 Å². The van der Waals surface area contributed by atoms with Crippen molar-refractivity contribution in [1.82, 2.24) is 14.6 Å². The predicted octanol–water partition coefficient (Wildman–Crippen LogP) is 3.22. The number of halogens is 1. The lowest BCUT2D eigenvalue weighted by Gasteiger charge is -2.09. The number of H-pyrrole nitrogens is 2. The molecule has 29 heavy (non-hydrogen) atoms. The molecule has 0 amide bonds. The Hall–Kier alpha value is -3.33. The highest BCUT2D eigenvalue weighted by molar-refractivity contribution is 9.10. The van der Waals surface area contributed by atoms with Crippen LogP contribution in [-0.2, 0) is 0 Å². The standard InChI is InChI=1S/C20H17BrN4O4/c1-3-29-15-7-4-11(8-16(15)28-2)10-22-25-19(26)18-17(24-20(25)27)13-9-12(21)5-6-14(13)23-18/h4-10,23H,3H2,1-2H3,(H,24,27)/b22-10-. The van der Waals surface area contributed by atoms with Gasteiger partial charge in [0.05, 0.1) is 25.4 Å². The monoisotopic (exact) mass is 456 g/mol. The average Bonchev–Trinajstić information content (AvgIpc) is 3.07. The van der Waals surface area contributed by atoms with Gasteiger partial charge in [-0.25, -0.2) is 4.79 Å². The molecule has 0 saturated heterocycles. The topological polar surface area (TPSA) is 101 Å². The van der Waals surface area contributed by atoms with E-state index in [0.29, 0.717) is 29.2 Å². The van der Waals surface area contributed by atoms with E-state index in [4.69, 9.17) is 9.47 Å². The van der Waals surface area contributed by atoms with Crippen molar-refractivity contribution in [2.45, 2.75) is 6.92 Å². The highest BCUT2D eigenvalue weighted by Gasteiger charge is 2.13. The van der Waals surface area contributed by atoms with E-state index in [-0.39, 0.29) is 5.52 Å². The number of hydrogen-bond acceptors (Lipinski definition) is 5. The van der Waals surface area contributed by atoms with Crippen LogP contribution in [0.25, 0.3) is 21.9 Å². The van der Waals surface area contributed by atoms with E-state index in [1.807, 2.05) is 25.1 Å². The van der Waals surface area contributed by atoms with E-state index >= 15 is 0 Å². The number of nitrogens with one attached hydrogen (secondary N) is 2. The van der Waals surface area contributed by atoms with Gasteiger partial charge in [-0.1, -0.05) is 15.9 Å². The van der Waals surface area contributed by atoms with Gasteiger partial charge >= 0.3 is 11.2 Å². The first-order valence-electron chi connectivity index (χ1n) is 8.83. The van der Waals surface area contributed by atoms with E-state index in [1.165, 1.54) is 13.3 Å². The number of rotatable bonds is 5. The van der Waals surface area contributed by atoms with Crippen LogP contribution >= 0.6 is 15.9 Å². The zero-order valence-electron chi connectivity index (χ0n) is 15.7. The second-order valence-corrected chi connectivity index (χ2v) is 7.12.